The summed E-state index contributed by atoms with van der Waals surface area (Å²) in [6, 6.07) is 7.94. The molecule has 1 atom stereocenters. The highest BCUT2D eigenvalue weighted by molar-refractivity contribution is 7.80. The molecule has 0 spiro atoms. The van der Waals surface area contributed by atoms with Crippen LogP contribution in [0.5, 0.6) is 5.75 Å². The van der Waals surface area contributed by atoms with Crippen LogP contribution in [-0.4, -0.2) is 29.7 Å². The zero-order valence-electron chi connectivity index (χ0n) is 11.7. The molecule has 4 heteroatoms. The second kappa shape index (κ2) is 6.75. The number of nitrogens with one attached hydrogen (secondary N) is 1. The SMILES string of the molecule is CCOc1ccc(NC(=S)N2CCC[C@@H](C)C2)cc1. The van der Waals surface area contributed by atoms with Crippen LogP contribution >= 0.6 is 12.2 Å². The lowest BCUT2D eigenvalue weighted by Gasteiger charge is -2.33. The largest absolute Gasteiger partial charge is 0.494 e. The minimum atomic E-state index is 0.691. The van der Waals surface area contributed by atoms with Crippen molar-refractivity contribution in [3.63, 3.8) is 0 Å². The van der Waals surface area contributed by atoms with Crippen molar-refractivity contribution >= 4 is 23.0 Å². The summed E-state index contributed by atoms with van der Waals surface area (Å²) in [6.07, 6.45) is 2.54. The molecule has 1 saturated heterocycles. The number of rotatable bonds is 3. The molecule has 0 saturated carbocycles. The van der Waals surface area contributed by atoms with Crippen molar-refractivity contribution in [2.45, 2.75) is 26.7 Å². The fourth-order valence-electron chi connectivity index (χ4n) is 2.38. The van der Waals surface area contributed by atoms with Crippen LogP contribution in [0.4, 0.5) is 5.69 Å². The molecule has 19 heavy (non-hydrogen) atoms. The van der Waals surface area contributed by atoms with Gasteiger partial charge in [0.05, 0.1) is 6.61 Å². The molecule has 0 bridgehead atoms. The van der Waals surface area contributed by atoms with Gasteiger partial charge in [-0.1, -0.05) is 6.92 Å². The van der Waals surface area contributed by atoms with Gasteiger partial charge in [0.2, 0.25) is 0 Å². The molecule has 3 nitrogen and oxygen atoms in total. The lowest BCUT2D eigenvalue weighted by Crippen LogP contribution is -2.41. The molecule has 0 aliphatic carbocycles. The maximum absolute atomic E-state index is 5.48. The van der Waals surface area contributed by atoms with Crippen LogP contribution in [0, 0.1) is 5.92 Å². The highest BCUT2D eigenvalue weighted by Gasteiger charge is 2.18. The molecule has 1 aliphatic rings. The number of thiocarbonyl (C=S) groups is 1. The van der Waals surface area contributed by atoms with Crippen molar-refractivity contribution in [3.8, 4) is 5.75 Å². The summed E-state index contributed by atoms with van der Waals surface area (Å²) >= 11 is 5.48. The van der Waals surface area contributed by atoms with Gasteiger partial charge in [-0.25, -0.2) is 0 Å². The minimum Gasteiger partial charge on any atom is -0.494 e. The second-order valence-corrected chi connectivity index (χ2v) is 5.47. The summed E-state index contributed by atoms with van der Waals surface area (Å²) in [7, 11) is 0. The van der Waals surface area contributed by atoms with E-state index in [0.29, 0.717) is 6.61 Å². The smallest absolute Gasteiger partial charge is 0.173 e. The van der Waals surface area contributed by atoms with Gasteiger partial charge >= 0.3 is 0 Å². The molecule has 1 fully saturated rings. The standard InChI is InChI=1S/C15H22N2OS/c1-3-18-14-8-6-13(7-9-14)16-15(19)17-10-4-5-12(2)11-17/h6-9,12H,3-5,10-11H2,1-2H3,(H,16,19)/t12-/m1/s1. The van der Waals surface area contributed by atoms with Crippen molar-refractivity contribution in [1.29, 1.82) is 0 Å². The summed E-state index contributed by atoms with van der Waals surface area (Å²) < 4.78 is 5.43. The monoisotopic (exact) mass is 278 g/mol. The molecule has 0 aromatic heterocycles. The predicted octanol–water partition coefficient (Wildman–Crippen LogP) is 3.51. The van der Waals surface area contributed by atoms with Crippen molar-refractivity contribution in [2.24, 2.45) is 5.92 Å². The Bertz CT molecular complexity index is 419. The number of likely N-dealkylation sites (tertiary alicyclic amines) is 1. The molecule has 1 aliphatic heterocycles. The fraction of sp³-hybridized carbons (Fsp3) is 0.533. The first-order valence-electron chi connectivity index (χ1n) is 6.98. The van der Waals surface area contributed by atoms with E-state index in [1.165, 1.54) is 12.8 Å². The Morgan fingerprint density at radius 2 is 2.16 bits per heavy atom. The number of benzene rings is 1. The van der Waals surface area contributed by atoms with Gasteiger partial charge in [-0.3, -0.25) is 0 Å². The van der Waals surface area contributed by atoms with Gasteiger partial charge in [-0.05, 0) is 62.2 Å². The van der Waals surface area contributed by atoms with Gasteiger partial charge < -0.3 is 15.0 Å². The van der Waals surface area contributed by atoms with E-state index in [9.17, 15) is 0 Å². The lowest BCUT2D eigenvalue weighted by molar-refractivity contribution is 0.276. The van der Waals surface area contributed by atoms with Crippen molar-refractivity contribution in [2.75, 3.05) is 25.0 Å². The molecule has 1 aromatic rings. The maximum atomic E-state index is 5.48. The summed E-state index contributed by atoms with van der Waals surface area (Å²) in [4.78, 5) is 2.26. The molecule has 1 N–H and O–H groups in total. The molecule has 0 radical (unpaired) electrons. The van der Waals surface area contributed by atoms with Crippen LogP contribution in [0.3, 0.4) is 0 Å². The van der Waals surface area contributed by atoms with E-state index >= 15 is 0 Å². The molecule has 1 heterocycles. The van der Waals surface area contributed by atoms with Crippen LogP contribution in [0.2, 0.25) is 0 Å². The van der Waals surface area contributed by atoms with Crippen molar-refractivity contribution < 1.29 is 4.74 Å². The average Bonchev–Trinajstić information content (AvgIpc) is 2.41. The molecular formula is C15H22N2OS. The summed E-state index contributed by atoms with van der Waals surface area (Å²) in [5.41, 5.74) is 1.02. The predicted molar refractivity (Wildman–Crippen MR) is 83.8 cm³/mol. The Hall–Kier alpha value is -1.29. The number of anilines is 1. The zero-order chi connectivity index (χ0) is 13.7. The summed E-state index contributed by atoms with van der Waals surface area (Å²) in [5, 5.41) is 4.13. The van der Waals surface area contributed by atoms with E-state index in [0.717, 1.165) is 35.6 Å². The van der Waals surface area contributed by atoms with E-state index < -0.39 is 0 Å². The van der Waals surface area contributed by atoms with Crippen molar-refractivity contribution in [1.82, 2.24) is 4.90 Å². The van der Waals surface area contributed by atoms with E-state index in [1.807, 2.05) is 31.2 Å². The van der Waals surface area contributed by atoms with Crippen LogP contribution < -0.4 is 10.1 Å². The minimum absolute atomic E-state index is 0.691. The fourth-order valence-corrected chi connectivity index (χ4v) is 2.66. The number of ether oxygens (including phenoxy) is 1. The number of hydrogen-bond acceptors (Lipinski definition) is 2. The third kappa shape index (κ3) is 4.10. The van der Waals surface area contributed by atoms with Gasteiger partial charge in [0, 0.05) is 18.8 Å². The van der Waals surface area contributed by atoms with Gasteiger partial charge in [0.1, 0.15) is 5.75 Å². The first-order valence-corrected chi connectivity index (χ1v) is 7.38. The average molecular weight is 278 g/mol. The lowest BCUT2D eigenvalue weighted by atomic mass is 10.0. The number of nitrogens with zero attached hydrogens (tertiary/aromatic N) is 1. The number of piperidine rings is 1. The zero-order valence-corrected chi connectivity index (χ0v) is 12.5. The first kappa shape index (κ1) is 14.1. The van der Waals surface area contributed by atoms with Crippen LogP contribution in [0.15, 0.2) is 24.3 Å². The van der Waals surface area contributed by atoms with E-state index in [2.05, 4.69) is 17.1 Å². The van der Waals surface area contributed by atoms with E-state index in [1.54, 1.807) is 0 Å². The molecule has 0 unspecified atom stereocenters. The third-order valence-electron chi connectivity index (χ3n) is 3.36. The van der Waals surface area contributed by atoms with Crippen molar-refractivity contribution in [3.05, 3.63) is 24.3 Å². The van der Waals surface area contributed by atoms with Gasteiger partial charge in [0.15, 0.2) is 5.11 Å². The van der Waals surface area contributed by atoms with Crippen LogP contribution in [0.25, 0.3) is 0 Å². The molecule has 104 valence electrons. The highest BCUT2D eigenvalue weighted by atomic mass is 32.1. The quantitative estimate of drug-likeness (QED) is 0.855. The second-order valence-electron chi connectivity index (χ2n) is 5.08. The molecule has 1 aromatic carbocycles. The first-order chi connectivity index (χ1) is 9.19. The molecule has 2 rings (SSSR count). The highest BCUT2D eigenvalue weighted by Crippen LogP contribution is 2.19. The normalized spacial score (nSPS) is 19.1. The Morgan fingerprint density at radius 3 is 2.79 bits per heavy atom. The topological polar surface area (TPSA) is 24.5 Å². The van der Waals surface area contributed by atoms with Gasteiger partial charge in [0.25, 0.3) is 0 Å². The Kier molecular flexibility index (Phi) is 5.02. The third-order valence-corrected chi connectivity index (χ3v) is 3.72. The Labute approximate surface area is 120 Å². The Balaban J connectivity index is 1.90. The van der Waals surface area contributed by atoms with E-state index in [-0.39, 0.29) is 0 Å². The van der Waals surface area contributed by atoms with Crippen LogP contribution in [-0.2, 0) is 0 Å². The van der Waals surface area contributed by atoms with Gasteiger partial charge in [-0.15, -0.1) is 0 Å². The summed E-state index contributed by atoms with van der Waals surface area (Å²) in [5.74, 6) is 1.62. The molecule has 0 amide bonds. The Morgan fingerprint density at radius 1 is 1.42 bits per heavy atom. The van der Waals surface area contributed by atoms with E-state index in [4.69, 9.17) is 17.0 Å². The molecular weight excluding hydrogens is 256 g/mol. The number of hydrogen-bond donors (Lipinski definition) is 1. The summed E-state index contributed by atoms with van der Waals surface area (Å²) in [6.45, 7) is 7.08. The van der Waals surface area contributed by atoms with Crippen LogP contribution in [0.1, 0.15) is 26.7 Å². The van der Waals surface area contributed by atoms with Gasteiger partial charge in [-0.2, -0.15) is 0 Å². The maximum Gasteiger partial charge on any atom is 0.173 e.